The number of nitrogens with one attached hydrogen (secondary N) is 1. The van der Waals surface area contributed by atoms with Crippen LogP contribution in [0.15, 0.2) is 23.1 Å². The number of aromatic amines is 1. The van der Waals surface area contributed by atoms with Crippen LogP contribution in [0.3, 0.4) is 0 Å². The van der Waals surface area contributed by atoms with Gasteiger partial charge in [0.05, 0.1) is 5.52 Å². The molecule has 1 heterocycles. The standard InChI is InChI=1S/C9H12N4O2S/c1-13(2)16(14,15)7-5-3-4-6-8(7)12-9(10)11-6/h3-5H,1-2H3,(H3,10,11,12). The molecule has 0 saturated carbocycles. The zero-order chi connectivity index (χ0) is 11.9. The number of imidazole rings is 1. The van der Waals surface area contributed by atoms with Gasteiger partial charge < -0.3 is 10.7 Å². The number of benzene rings is 1. The normalized spacial score (nSPS) is 12.4. The summed E-state index contributed by atoms with van der Waals surface area (Å²) in [6, 6.07) is 4.89. The summed E-state index contributed by atoms with van der Waals surface area (Å²) in [6.45, 7) is 0. The molecule has 16 heavy (non-hydrogen) atoms. The van der Waals surface area contributed by atoms with Gasteiger partial charge in [0.15, 0.2) is 5.95 Å². The number of sulfonamides is 1. The molecule has 3 N–H and O–H groups in total. The van der Waals surface area contributed by atoms with Crippen molar-refractivity contribution in [2.24, 2.45) is 0 Å². The van der Waals surface area contributed by atoms with Crippen molar-refractivity contribution in [1.82, 2.24) is 14.3 Å². The summed E-state index contributed by atoms with van der Waals surface area (Å²) in [5.74, 6) is 0.205. The van der Waals surface area contributed by atoms with Crippen LogP contribution in [0.2, 0.25) is 0 Å². The first-order chi connectivity index (χ1) is 7.43. The number of rotatable bonds is 2. The molecule has 2 aromatic rings. The van der Waals surface area contributed by atoms with Crippen molar-refractivity contribution in [2.75, 3.05) is 19.8 Å². The lowest BCUT2D eigenvalue weighted by Crippen LogP contribution is -2.22. The maximum atomic E-state index is 12.0. The molecule has 86 valence electrons. The highest BCUT2D eigenvalue weighted by Gasteiger charge is 2.21. The Hall–Kier alpha value is -1.60. The largest absolute Gasteiger partial charge is 0.369 e. The number of hydrogen-bond acceptors (Lipinski definition) is 4. The van der Waals surface area contributed by atoms with Gasteiger partial charge in [-0.3, -0.25) is 0 Å². The Balaban J connectivity index is 2.79. The quantitative estimate of drug-likeness (QED) is 0.794. The van der Waals surface area contributed by atoms with Gasteiger partial charge in [-0.25, -0.2) is 17.7 Å². The summed E-state index contributed by atoms with van der Waals surface area (Å²) in [5, 5.41) is 0. The van der Waals surface area contributed by atoms with E-state index in [1.54, 1.807) is 12.1 Å². The topological polar surface area (TPSA) is 92.1 Å². The Bertz CT molecular complexity index is 630. The fraction of sp³-hybridized carbons (Fsp3) is 0.222. The van der Waals surface area contributed by atoms with Crippen molar-refractivity contribution in [1.29, 1.82) is 0 Å². The number of hydrogen-bond donors (Lipinski definition) is 2. The van der Waals surface area contributed by atoms with Gasteiger partial charge in [0.25, 0.3) is 0 Å². The van der Waals surface area contributed by atoms with Crippen molar-refractivity contribution in [3.05, 3.63) is 18.2 Å². The monoisotopic (exact) mass is 240 g/mol. The van der Waals surface area contributed by atoms with E-state index in [9.17, 15) is 8.42 Å². The SMILES string of the molecule is CN(C)S(=O)(=O)c1cccc2[nH]c(N)nc12. The number of para-hydroxylation sites is 1. The third kappa shape index (κ3) is 1.54. The molecular weight excluding hydrogens is 228 g/mol. The predicted molar refractivity (Wildman–Crippen MR) is 61.4 cm³/mol. The van der Waals surface area contributed by atoms with Gasteiger partial charge >= 0.3 is 0 Å². The van der Waals surface area contributed by atoms with E-state index in [1.165, 1.54) is 20.2 Å². The fourth-order valence-electron chi connectivity index (χ4n) is 1.43. The lowest BCUT2D eigenvalue weighted by Gasteiger charge is -2.11. The van der Waals surface area contributed by atoms with Gasteiger partial charge in [-0.15, -0.1) is 0 Å². The molecule has 0 amide bonds. The second-order valence-electron chi connectivity index (χ2n) is 3.56. The lowest BCUT2D eigenvalue weighted by atomic mass is 10.3. The van der Waals surface area contributed by atoms with Crippen LogP contribution in [-0.4, -0.2) is 36.8 Å². The van der Waals surface area contributed by atoms with E-state index in [2.05, 4.69) is 9.97 Å². The molecule has 0 aliphatic rings. The van der Waals surface area contributed by atoms with Crippen LogP contribution in [-0.2, 0) is 10.0 Å². The first kappa shape index (κ1) is 10.9. The van der Waals surface area contributed by atoms with E-state index in [1.807, 2.05) is 0 Å². The molecule has 0 aliphatic heterocycles. The van der Waals surface area contributed by atoms with Crippen LogP contribution >= 0.6 is 0 Å². The Morgan fingerprint density at radius 1 is 1.38 bits per heavy atom. The summed E-state index contributed by atoms with van der Waals surface area (Å²) in [5.41, 5.74) is 6.48. The van der Waals surface area contributed by atoms with Crippen LogP contribution < -0.4 is 5.73 Å². The molecule has 1 aromatic heterocycles. The number of nitrogen functional groups attached to an aromatic ring is 1. The first-order valence-corrected chi connectivity index (χ1v) is 6.03. The average molecular weight is 240 g/mol. The van der Waals surface area contributed by atoms with E-state index < -0.39 is 10.0 Å². The summed E-state index contributed by atoms with van der Waals surface area (Å²) < 4.78 is 25.1. The van der Waals surface area contributed by atoms with Crippen molar-refractivity contribution in [2.45, 2.75) is 4.90 Å². The number of aromatic nitrogens is 2. The van der Waals surface area contributed by atoms with E-state index in [-0.39, 0.29) is 10.8 Å². The molecule has 0 fully saturated rings. The summed E-state index contributed by atoms with van der Waals surface area (Å²) in [7, 11) is -0.542. The molecule has 0 saturated heterocycles. The molecule has 7 heteroatoms. The Kier molecular flexibility index (Phi) is 2.36. The van der Waals surface area contributed by atoms with E-state index in [4.69, 9.17) is 5.73 Å². The molecule has 2 rings (SSSR count). The fourth-order valence-corrected chi connectivity index (χ4v) is 2.47. The molecule has 0 radical (unpaired) electrons. The van der Waals surface area contributed by atoms with Gasteiger partial charge in [0.2, 0.25) is 10.0 Å². The highest BCUT2D eigenvalue weighted by Crippen LogP contribution is 2.23. The van der Waals surface area contributed by atoms with E-state index in [0.717, 1.165) is 4.31 Å². The Morgan fingerprint density at radius 3 is 2.69 bits per heavy atom. The van der Waals surface area contributed by atoms with Gasteiger partial charge in [-0.1, -0.05) is 6.07 Å². The average Bonchev–Trinajstić information content (AvgIpc) is 2.56. The van der Waals surface area contributed by atoms with Crippen LogP contribution in [0, 0.1) is 0 Å². The van der Waals surface area contributed by atoms with Gasteiger partial charge in [-0.2, -0.15) is 0 Å². The minimum absolute atomic E-state index is 0.156. The molecule has 0 unspecified atom stereocenters. The molecule has 0 aliphatic carbocycles. The molecule has 0 spiro atoms. The smallest absolute Gasteiger partial charge is 0.244 e. The maximum absolute atomic E-state index is 12.0. The highest BCUT2D eigenvalue weighted by molar-refractivity contribution is 7.89. The van der Waals surface area contributed by atoms with Crippen molar-refractivity contribution < 1.29 is 8.42 Å². The van der Waals surface area contributed by atoms with Crippen LogP contribution in [0.25, 0.3) is 11.0 Å². The second kappa shape index (κ2) is 3.46. The summed E-state index contributed by atoms with van der Waals surface area (Å²) >= 11 is 0. The van der Waals surface area contributed by atoms with Crippen LogP contribution in [0.1, 0.15) is 0 Å². The van der Waals surface area contributed by atoms with Crippen LogP contribution in [0.4, 0.5) is 5.95 Å². The van der Waals surface area contributed by atoms with Crippen molar-refractivity contribution >= 4 is 27.0 Å². The Labute approximate surface area is 93.1 Å². The van der Waals surface area contributed by atoms with E-state index >= 15 is 0 Å². The van der Waals surface area contributed by atoms with Crippen molar-refractivity contribution in [3.63, 3.8) is 0 Å². The molecule has 1 aromatic carbocycles. The number of nitrogens with zero attached hydrogens (tertiary/aromatic N) is 2. The summed E-state index contributed by atoms with van der Waals surface area (Å²) in [6.07, 6.45) is 0. The molecule has 6 nitrogen and oxygen atoms in total. The molecule has 0 bridgehead atoms. The van der Waals surface area contributed by atoms with Crippen LogP contribution in [0.5, 0.6) is 0 Å². The molecule has 0 atom stereocenters. The zero-order valence-corrected chi connectivity index (χ0v) is 9.75. The maximum Gasteiger partial charge on any atom is 0.244 e. The number of H-pyrrole nitrogens is 1. The number of nitrogens with two attached hydrogens (primary N) is 1. The van der Waals surface area contributed by atoms with E-state index in [0.29, 0.717) is 11.0 Å². The minimum Gasteiger partial charge on any atom is -0.369 e. The lowest BCUT2D eigenvalue weighted by molar-refractivity contribution is 0.521. The van der Waals surface area contributed by atoms with Crippen molar-refractivity contribution in [3.8, 4) is 0 Å². The van der Waals surface area contributed by atoms with Gasteiger partial charge in [0.1, 0.15) is 10.4 Å². The van der Waals surface area contributed by atoms with Gasteiger partial charge in [0, 0.05) is 14.1 Å². The zero-order valence-electron chi connectivity index (χ0n) is 8.93. The Morgan fingerprint density at radius 2 is 2.06 bits per heavy atom. The third-order valence-electron chi connectivity index (χ3n) is 2.25. The number of anilines is 1. The predicted octanol–water partition coefficient (Wildman–Crippen LogP) is 0.395. The first-order valence-electron chi connectivity index (χ1n) is 4.59. The summed E-state index contributed by atoms with van der Waals surface area (Å²) in [4.78, 5) is 6.93. The third-order valence-corrected chi connectivity index (χ3v) is 4.10. The molecular formula is C9H12N4O2S. The minimum atomic E-state index is -3.49. The second-order valence-corrected chi connectivity index (χ2v) is 5.68. The highest BCUT2D eigenvalue weighted by atomic mass is 32.2. The van der Waals surface area contributed by atoms with Gasteiger partial charge in [-0.05, 0) is 12.1 Å². The number of fused-ring (bicyclic) bond motifs is 1.